The number of nitriles is 1. The number of anilines is 1. The largest absolute Gasteiger partial charge is 0.370 e. The van der Waals surface area contributed by atoms with E-state index in [1.165, 1.54) is 0 Å². The molecule has 6 heteroatoms. The molecule has 1 amide bonds. The summed E-state index contributed by atoms with van der Waals surface area (Å²) in [6, 6.07) is 15.0. The number of carbonyl (C=O) groups is 1. The first-order valence-electron chi connectivity index (χ1n) is 8.74. The highest BCUT2D eigenvalue weighted by molar-refractivity contribution is 6.42. The highest BCUT2D eigenvalue weighted by Gasteiger charge is 2.17. The molecule has 1 heterocycles. The fraction of sp³-hybridized carbons (Fsp3) is 0.238. The van der Waals surface area contributed by atoms with Gasteiger partial charge in [0.05, 0.1) is 21.7 Å². The Morgan fingerprint density at radius 3 is 2.48 bits per heavy atom. The third-order valence-electron chi connectivity index (χ3n) is 4.53. The number of halogens is 2. The van der Waals surface area contributed by atoms with Crippen LogP contribution >= 0.6 is 23.2 Å². The van der Waals surface area contributed by atoms with Crippen LogP contribution in [0.5, 0.6) is 0 Å². The Bertz CT molecular complexity index is 887. The van der Waals surface area contributed by atoms with E-state index in [4.69, 9.17) is 28.5 Å². The summed E-state index contributed by atoms with van der Waals surface area (Å²) in [4.78, 5) is 16.6. The smallest absolute Gasteiger partial charge is 0.246 e. The minimum atomic E-state index is -0.0113. The maximum atomic E-state index is 12.5. The molecule has 2 aromatic carbocycles. The molecular weight excluding hydrogens is 381 g/mol. The molecule has 0 unspecified atom stereocenters. The monoisotopic (exact) mass is 399 g/mol. The highest BCUT2D eigenvalue weighted by atomic mass is 35.5. The molecule has 3 rings (SSSR count). The van der Waals surface area contributed by atoms with Gasteiger partial charge in [-0.3, -0.25) is 4.79 Å². The van der Waals surface area contributed by atoms with Crippen LogP contribution in [-0.4, -0.2) is 37.0 Å². The van der Waals surface area contributed by atoms with Gasteiger partial charge in [-0.2, -0.15) is 5.26 Å². The zero-order valence-corrected chi connectivity index (χ0v) is 16.2. The molecular formula is C21H19Cl2N3O. The summed E-state index contributed by atoms with van der Waals surface area (Å²) < 4.78 is 0. The van der Waals surface area contributed by atoms with Crippen molar-refractivity contribution in [3.63, 3.8) is 0 Å². The normalized spacial score (nSPS) is 14.9. The zero-order valence-electron chi connectivity index (χ0n) is 14.7. The number of hydrogen-bond donors (Lipinski definition) is 0. The highest BCUT2D eigenvalue weighted by Crippen LogP contribution is 2.23. The second-order valence-electron chi connectivity index (χ2n) is 6.33. The van der Waals surface area contributed by atoms with Crippen molar-refractivity contribution in [2.75, 3.05) is 31.1 Å². The van der Waals surface area contributed by atoms with E-state index in [2.05, 4.69) is 11.0 Å². The van der Waals surface area contributed by atoms with Crippen molar-refractivity contribution in [2.45, 2.75) is 6.42 Å². The van der Waals surface area contributed by atoms with Crippen molar-refractivity contribution in [3.8, 4) is 6.07 Å². The van der Waals surface area contributed by atoms with Crippen molar-refractivity contribution in [2.24, 2.45) is 0 Å². The van der Waals surface area contributed by atoms with Crippen LogP contribution in [-0.2, 0) is 4.79 Å². The third kappa shape index (κ3) is 5.03. The van der Waals surface area contributed by atoms with E-state index in [0.29, 0.717) is 22.2 Å². The number of rotatable bonds is 3. The summed E-state index contributed by atoms with van der Waals surface area (Å²) in [6.07, 6.45) is 4.23. The van der Waals surface area contributed by atoms with Gasteiger partial charge in [0, 0.05) is 37.9 Å². The van der Waals surface area contributed by atoms with Crippen LogP contribution in [0.4, 0.5) is 5.69 Å². The van der Waals surface area contributed by atoms with Crippen molar-refractivity contribution in [1.82, 2.24) is 4.90 Å². The Hall–Kier alpha value is -2.48. The van der Waals surface area contributed by atoms with E-state index in [9.17, 15) is 4.79 Å². The molecule has 0 radical (unpaired) electrons. The predicted octanol–water partition coefficient (Wildman–Crippen LogP) is 4.62. The maximum absolute atomic E-state index is 12.5. The first-order valence-corrected chi connectivity index (χ1v) is 9.49. The maximum Gasteiger partial charge on any atom is 0.246 e. The van der Waals surface area contributed by atoms with Gasteiger partial charge in [-0.15, -0.1) is 0 Å². The zero-order chi connectivity index (χ0) is 19.2. The molecule has 0 saturated carbocycles. The SMILES string of the molecule is N#Cc1ccc(N2CCCN(C(=O)/C=C/c3ccc(Cl)c(Cl)c3)CC2)cc1. The van der Waals surface area contributed by atoms with Crippen molar-refractivity contribution in [3.05, 3.63) is 69.7 Å². The third-order valence-corrected chi connectivity index (χ3v) is 5.27. The van der Waals surface area contributed by atoms with Crippen molar-refractivity contribution < 1.29 is 4.79 Å². The van der Waals surface area contributed by atoms with Gasteiger partial charge < -0.3 is 9.80 Å². The molecule has 4 nitrogen and oxygen atoms in total. The molecule has 0 aliphatic carbocycles. The second-order valence-corrected chi connectivity index (χ2v) is 7.15. The molecule has 2 aromatic rings. The minimum absolute atomic E-state index is 0.0113. The van der Waals surface area contributed by atoms with Crippen LogP contribution in [0.1, 0.15) is 17.5 Å². The Kier molecular flexibility index (Phi) is 6.39. The van der Waals surface area contributed by atoms with Gasteiger partial charge in [0.15, 0.2) is 0 Å². The summed E-state index contributed by atoms with van der Waals surface area (Å²) in [5.41, 5.74) is 2.57. The summed E-state index contributed by atoms with van der Waals surface area (Å²) >= 11 is 11.9. The van der Waals surface area contributed by atoms with Gasteiger partial charge in [0.1, 0.15) is 0 Å². The summed E-state index contributed by atoms with van der Waals surface area (Å²) in [6.45, 7) is 3.02. The molecule has 0 spiro atoms. The van der Waals surface area contributed by atoms with Gasteiger partial charge >= 0.3 is 0 Å². The Balaban J connectivity index is 1.61. The van der Waals surface area contributed by atoms with Crippen LogP contribution in [0.2, 0.25) is 10.0 Å². The van der Waals surface area contributed by atoms with Crippen LogP contribution in [0.25, 0.3) is 6.08 Å². The molecule has 1 aliphatic rings. The van der Waals surface area contributed by atoms with E-state index in [0.717, 1.165) is 37.3 Å². The van der Waals surface area contributed by atoms with Crippen molar-refractivity contribution >= 4 is 40.9 Å². The topological polar surface area (TPSA) is 47.3 Å². The predicted molar refractivity (Wildman–Crippen MR) is 110 cm³/mol. The Morgan fingerprint density at radius 1 is 1.00 bits per heavy atom. The average molecular weight is 400 g/mol. The van der Waals surface area contributed by atoms with E-state index < -0.39 is 0 Å². The van der Waals surface area contributed by atoms with Crippen LogP contribution in [0.15, 0.2) is 48.5 Å². The number of carbonyl (C=O) groups excluding carboxylic acids is 1. The van der Waals surface area contributed by atoms with Crippen LogP contribution < -0.4 is 4.90 Å². The Labute approximate surface area is 169 Å². The second kappa shape index (κ2) is 8.94. The molecule has 0 bridgehead atoms. The molecule has 0 atom stereocenters. The molecule has 1 fully saturated rings. The van der Waals surface area contributed by atoms with Crippen LogP contribution in [0.3, 0.4) is 0 Å². The molecule has 138 valence electrons. The standard InChI is InChI=1S/C21H19Cl2N3O/c22-19-8-4-16(14-20(19)23)5-9-21(27)26-11-1-10-25(12-13-26)18-6-2-17(15-24)3-7-18/h2-9,14H,1,10-13H2/b9-5+. The molecule has 0 aromatic heterocycles. The lowest BCUT2D eigenvalue weighted by molar-refractivity contribution is -0.125. The summed E-state index contributed by atoms with van der Waals surface area (Å²) in [7, 11) is 0. The molecule has 1 saturated heterocycles. The summed E-state index contributed by atoms with van der Waals surface area (Å²) in [5.74, 6) is -0.0113. The van der Waals surface area contributed by atoms with Gasteiger partial charge in [-0.05, 0) is 54.5 Å². The van der Waals surface area contributed by atoms with Gasteiger partial charge in [0.25, 0.3) is 0 Å². The lowest BCUT2D eigenvalue weighted by Crippen LogP contribution is -2.34. The fourth-order valence-corrected chi connectivity index (χ4v) is 3.34. The van der Waals surface area contributed by atoms with E-state index >= 15 is 0 Å². The lowest BCUT2D eigenvalue weighted by Gasteiger charge is -2.23. The number of hydrogen-bond acceptors (Lipinski definition) is 3. The quantitative estimate of drug-likeness (QED) is 0.707. The first kappa shape index (κ1) is 19.3. The van der Waals surface area contributed by atoms with Gasteiger partial charge in [-0.1, -0.05) is 29.3 Å². The first-order chi connectivity index (χ1) is 13.1. The number of benzene rings is 2. The van der Waals surface area contributed by atoms with Gasteiger partial charge in [-0.25, -0.2) is 0 Å². The van der Waals surface area contributed by atoms with E-state index in [1.54, 1.807) is 24.3 Å². The van der Waals surface area contributed by atoms with Gasteiger partial charge in [0.2, 0.25) is 5.91 Å². The minimum Gasteiger partial charge on any atom is -0.370 e. The van der Waals surface area contributed by atoms with E-state index in [-0.39, 0.29) is 5.91 Å². The summed E-state index contributed by atoms with van der Waals surface area (Å²) in [5, 5.41) is 9.88. The molecule has 27 heavy (non-hydrogen) atoms. The number of nitrogens with zero attached hydrogens (tertiary/aromatic N) is 3. The Morgan fingerprint density at radius 2 is 1.78 bits per heavy atom. The fourth-order valence-electron chi connectivity index (χ4n) is 3.03. The van der Waals surface area contributed by atoms with Crippen molar-refractivity contribution in [1.29, 1.82) is 5.26 Å². The number of amides is 1. The average Bonchev–Trinajstić information content (AvgIpc) is 2.95. The molecule has 0 N–H and O–H groups in total. The van der Waals surface area contributed by atoms with E-state index in [1.807, 2.05) is 35.2 Å². The lowest BCUT2D eigenvalue weighted by atomic mass is 10.2. The molecule has 1 aliphatic heterocycles. The van der Waals surface area contributed by atoms with Crippen LogP contribution in [0, 0.1) is 11.3 Å².